The van der Waals surface area contributed by atoms with Crippen LogP contribution < -0.4 is 0 Å². The topological polar surface area (TPSA) is 57.6 Å². The van der Waals surface area contributed by atoms with E-state index in [1.807, 2.05) is 0 Å². The minimum Gasteiger partial charge on any atom is -0.511 e. The lowest BCUT2D eigenvalue weighted by Gasteiger charge is -2.06. The first-order valence-corrected chi connectivity index (χ1v) is 10.1. The van der Waals surface area contributed by atoms with Gasteiger partial charge < -0.3 is 10.0 Å². The first-order chi connectivity index (χ1) is 11.9. The standard InChI is InChI=1S/C21H37NO3/c1-17(2)14-12-10-8-6-4-5-7-9-11-13-15-18(23)20-19(24)16-22(3)21(20)25/h17,23H,4-16H2,1-3H3. The fraction of sp³-hybridized carbons (Fsp3) is 0.810. The number of carbonyl (C=O) groups excluding carboxylic acids is 2. The summed E-state index contributed by atoms with van der Waals surface area (Å²) in [4.78, 5) is 24.8. The van der Waals surface area contributed by atoms with E-state index in [1.165, 1.54) is 56.3 Å². The summed E-state index contributed by atoms with van der Waals surface area (Å²) in [5, 5.41) is 10.00. The Hall–Kier alpha value is -1.32. The van der Waals surface area contributed by atoms with Gasteiger partial charge in [-0.25, -0.2) is 0 Å². The van der Waals surface area contributed by atoms with E-state index in [4.69, 9.17) is 0 Å². The third kappa shape index (κ3) is 8.55. The Morgan fingerprint density at radius 3 is 1.84 bits per heavy atom. The minimum atomic E-state index is -0.337. The smallest absolute Gasteiger partial charge is 0.261 e. The Labute approximate surface area is 153 Å². The molecule has 1 fully saturated rings. The lowest BCUT2D eigenvalue weighted by atomic mass is 10.0. The third-order valence-corrected chi connectivity index (χ3v) is 4.95. The molecule has 25 heavy (non-hydrogen) atoms. The first-order valence-electron chi connectivity index (χ1n) is 10.1. The molecule has 1 heterocycles. The average molecular weight is 352 g/mol. The minimum absolute atomic E-state index is 0.0132. The Balaban J connectivity index is 1.99. The van der Waals surface area contributed by atoms with Crippen molar-refractivity contribution in [3.8, 4) is 0 Å². The van der Waals surface area contributed by atoms with Crippen LogP contribution in [0.2, 0.25) is 0 Å². The van der Waals surface area contributed by atoms with Crippen LogP contribution in [0.5, 0.6) is 0 Å². The molecule has 1 amide bonds. The number of allylic oxidation sites excluding steroid dienone is 1. The molecule has 1 rings (SSSR count). The number of rotatable bonds is 13. The van der Waals surface area contributed by atoms with Crippen molar-refractivity contribution >= 4 is 11.7 Å². The van der Waals surface area contributed by atoms with Gasteiger partial charge in [-0.2, -0.15) is 0 Å². The summed E-state index contributed by atoms with van der Waals surface area (Å²) in [7, 11) is 1.59. The van der Waals surface area contributed by atoms with E-state index < -0.39 is 0 Å². The summed E-state index contributed by atoms with van der Waals surface area (Å²) in [6.07, 6.45) is 14.2. The van der Waals surface area contributed by atoms with Gasteiger partial charge in [0, 0.05) is 13.5 Å². The monoisotopic (exact) mass is 351 g/mol. The number of unbranched alkanes of at least 4 members (excludes halogenated alkanes) is 9. The molecule has 0 bridgehead atoms. The molecule has 0 atom stereocenters. The summed E-state index contributed by atoms with van der Waals surface area (Å²) in [6, 6.07) is 0. The van der Waals surface area contributed by atoms with Gasteiger partial charge in [-0.1, -0.05) is 78.1 Å². The number of aliphatic hydroxyl groups excluding tert-OH is 1. The summed E-state index contributed by atoms with van der Waals surface area (Å²) < 4.78 is 0. The maximum absolute atomic E-state index is 11.8. The van der Waals surface area contributed by atoms with E-state index in [0.717, 1.165) is 25.2 Å². The second-order valence-corrected chi connectivity index (χ2v) is 7.87. The number of hydrogen-bond donors (Lipinski definition) is 1. The van der Waals surface area contributed by atoms with Gasteiger partial charge in [-0.05, 0) is 12.3 Å². The summed E-state index contributed by atoms with van der Waals surface area (Å²) in [6.45, 7) is 4.67. The van der Waals surface area contributed by atoms with Gasteiger partial charge in [0.15, 0.2) is 5.78 Å². The lowest BCUT2D eigenvalue weighted by Crippen LogP contribution is -2.19. The molecule has 144 valence electrons. The van der Waals surface area contributed by atoms with Crippen LogP contribution >= 0.6 is 0 Å². The molecule has 0 unspecified atom stereocenters. The number of ketones is 1. The molecule has 0 radical (unpaired) electrons. The number of hydrogen-bond acceptors (Lipinski definition) is 3. The van der Waals surface area contributed by atoms with Crippen molar-refractivity contribution in [2.75, 3.05) is 13.6 Å². The highest BCUT2D eigenvalue weighted by Crippen LogP contribution is 2.20. The lowest BCUT2D eigenvalue weighted by molar-refractivity contribution is -0.123. The van der Waals surface area contributed by atoms with Gasteiger partial charge in [0.1, 0.15) is 11.3 Å². The molecule has 1 aliphatic rings. The molecule has 0 aliphatic carbocycles. The van der Waals surface area contributed by atoms with Gasteiger partial charge in [-0.15, -0.1) is 0 Å². The number of aliphatic hydroxyl groups is 1. The number of carbonyl (C=O) groups is 2. The summed E-state index contributed by atoms with van der Waals surface area (Å²) in [5.41, 5.74) is 0.0139. The Morgan fingerprint density at radius 1 is 0.920 bits per heavy atom. The first kappa shape index (κ1) is 21.7. The van der Waals surface area contributed by atoms with Crippen molar-refractivity contribution < 1.29 is 14.7 Å². The second kappa shape index (κ2) is 12.1. The van der Waals surface area contributed by atoms with E-state index >= 15 is 0 Å². The second-order valence-electron chi connectivity index (χ2n) is 7.87. The number of amides is 1. The summed E-state index contributed by atoms with van der Waals surface area (Å²) in [5.74, 6) is 0.232. The molecule has 1 saturated heterocycles. The van der Waals surface area contributed by atoms with Crippen LogP contribution in [0.1, 0.15) is 90.9 Å². The predicted molar refractivity (Wildman–Crippen MR) is 103 cm³/mol. The third-order valence-electron chi connectivity index (χ3n) is 4.95. The average Bonchev–Trinajstić information content (AvgIpc) is 2.80. The van der Waals surface area contributed by atoms with E-state index in [0.29, 0.717) is 6.42 Å². The molecular formula is C21H37NO3. The zero-order valence-corrected chi connectivity index (χ0v) is 16.5. The highest BCUT2D eigenvalue weighted by Gasteiger charge is 2.33. The molecular weight excluding hydrogens is 314 g/mol. The van der Waals surface area contributed by atoms with Gasteiger partial charge >= 0.3 is 0 Å². The van der Waals surface area contributed by atoms with Crippen molar-refractivity contribution in [3.05, 3.63) is 11.3 Å². The molecule has 0 aromatic rings. The van der Waals surface area contributed by atoms with Gasteiger partial charge in [-0.3, -0.25) is 9.59 Å². The molecule has 1 N–H and O–H groups in total. The van der Waals surface area contributed by atoms with Gasteiger partial charge in [0.2, 0.25) is 0 Å². The van der Waals surface area contributed by atoms with Gasteiger partial charge in [0.05, 0.1) is 6.54 Å². The highest BCUT2D eigenvalue weighted by atomic mass is 16.3. The normalized spacial score (nSPS) is 17.0. The van der Waals surface area contributed by atoms with Crippen molar-refractivity contribution in [3.63, 3.8) is 0 Å². The molecule has 0 spiro atoms. The fourth-order valence-corrected chi connectivity index (χ4v) is 3.35. The zero-order chi connectivity index (χ0) is 18.7. The maximum Gasteiger partial charge on any atom is 0.261 e. The Bertz CT molecular complexity index is 454. The fourth-order valence-electron chi connectivity index (χ4n) is 3.35. The predicted octanol–water partition coefficient (Wildman–Crippen LogP) is 5.18. The molecule has 4 heteroatoms. The van der Waals surface area contributed by atoms with Crippen LogP contribution in [-0.2, 0) is 9.59 Å². The van der Waals surface area contributed by atoms with Crippen molar-refractivity contribution in [1.29, 1.82) is 0 Å². The van der Waals surface area contributed by atoms with Crippen molar-refractivity contribution in [1.82, 2.24) is 4.90 Å². The van der Waals surface area contributed by atoms with E-state index in [2.05, 4.69) is 13.8 Å². The largest absolute Gasteiger partial charge is 0.511 e. The quantitative estimate of drug-likeness (QED) is 0.215. The van der Waals surface area contributed by atoms with Crippen LogP contribution in [0.4, 0.5) is 0 Å². The van der Waals surface area contributed by atoms with Crippen LogP contribution in [0.15, 0.2) is 11.3 Å². The van der Waals surface area contributed by atoms with Crippen LogP contribution in [-0.4, -0.2) is 35.3 Å². The molecule has 0 aromatic heterocycles. The molecule has 1 aliphatic heterocycles. The van der Waals surface area contributed by atoms with Crippen LogP contribution in [0.3, 0.4) is 0 Å². The van der Waals surface area contributed by atoms with Gasteiger partial charge in [0.25, 0.3) is 5.91 Å². The maximum atomic E-state index is 11.8. The van der Waals surface area contributed by atoms with Crippen molar-refractivity contribution in [2.24, 2.45) is 5.92 Å². The van der Waals surface area contributed by atoms with E-state index in [1.54, 1.807) is 7.05 Å². The van der Waals surface area contributed by atoms with E-state index in [-0.39, 0.29) is 29.6 Å². The molecule has 4 nitrogen and oxygen atoms in total. The van der Waals surface area contributed by atoms with Crippen LogP contribution in [0.25, 0.3) is 0 Å². The van der Waals surface area contributed by atoms with Crippen LogP contribution in [0, 0.1) is 5.92 Å². The molecule has 0 aromatic carbocycles. The SMILES string of the molecule is CC(C)CCCCCCCCCCCCC(O)=C1C(=O)CN(C)C1=O. The van der Waals surface area contributed by atoms with Crippen molar-refractivity contribution in [2.45, 2.75) is 90.9 Å². The number of likely N-dealkylation sites (tertiary alicyclic amines) is 1. The Morgan fingerprint density at radius 2 is 1.40 bits per heavy atom. The zero-order valence-electron chi connectivity index (χ0n) is 16.5. The molecule has 0 saturated carbocycles. The number of nitrogens with zero attached hydrogens (tertiary/aromatic N) is 1. The van der Waals surface area contributed by atoms with E-state index in [9.17, 15) is 14.7 Å². The number of likely N-dealkylation sites (N-methyl/N-ethyl adjacent to an activating group) is 1. The highest BCUT2D eigenvalue weighted by molar-refractivity contribution is 6.25. The number of Topliss-reactive ketones (excluding diaryl/α,β-unsaturated/α-hetero) is 1. The summed E-state index contributed by atoms with van der Waals surface area (Å²) >= 11 is 0. The Kier molecular flexibility index (Phi) is 10.5.